The van der Waals surface area contributed by atoms with Gasteiger partial charge in [0.2, 0.25) is 0 Å². The third kappa shape index (κ3) is 7.06. The lowest BCUT2D eigenvalue weighted by Crippen LogP contribution is -2.31. The lowest BCUT2D eigenvalue weighted by atomic mass is 10.00. The second kappa shape index (κ2) is 11.4. The minimum absolute atomic E-state index is 0.0554. The van der Waals surface area contributed by atoms with Crippen LogP contribution in [0.4, 0.5) is 0 Å². The van der Waals surface area contributed by atoms with Crippen LogP contribution in [0.15, 0.2) is 57.9 Å². The molecule has 152 valence electrons. The first-order valence-electron chi connectivity index (χ1n) is 9.84. The number of amides is 1. The number of halogens is 1. The van der Waals surface area contributed by atoms with Gasteiger partial charge in [0.25, 0.3) is 15.9 Å². The van der Waals surface area contributed by atoms with E-state index in [9.17, 15) is 13.2 Å². The fraction of sp³-hybridized carbons (Fsp3) is 0.409. The number of benzene rings is 2. The van der Waals surface area contributed by atoms with Gasteiger partial charge in [0.05, 0.1) is 4.90 Å². The Hall–Kier alpha value is -1.66. The highest BCUT2D eigenvalue weighted by Gasteiger charge is 2.20. The van der Waals surface area contributed by atoms with Crippen molar-refractivity contribution in [2.24, 2.45) is 0 Å². The van der Waals surface area contributed by atoms with Gasteiger partial charge in [0.15, 0.2) is 0 Å². The fourth-order valence-corrected chi connectivity index (χ4v) is 4.66. The first kappa shape index (κ1) is 22.6. The molecule has 1 amide bonds. The third-order valence-electron chi connectivity index (χ3n) is 4.65. The Bertz CT molecular complexity index is 881. The zero-order chi connectivity index (χ0) is 20.4. The molecule has 6 heteroatoms. The van der Waals surface area contributed by atoms with Gasteiger partial charge in [-0.05, 0) is 42.7 Å². The van der Waals surface area contributed by atoms with E-state index in [-0.39, 0.29) is 4.90 Å². The highest BCUT2D eigenvalue weighted by molar-refractivity contribution is 9.10. The van der Waals surface area contributed by atoms with Crippen molar-refractivity contribution in [1.82, 2.24) is 4.72 Å². The van der Waals surface area contributed by atoms with Crippen LogP contribution in [0.3, 0.4) is 0 Å². The molecule has 0 radical (unpaired) electrons. The number of rotatable bonds is 11. The Kier molecular flexibility index (Phi) is 9.19. The van der Waals surface area contributed by atoms with Gasteiger partial charge in [0.1, 0.15) is 0 Å². The summed E-state index contributed by atoms with van der Waals surface area (Å²) in [4.78, 5) is 12.7. The van der Waals surface area contributed by atoms with Crippen LogP contribution in [0.25, 0.3) is 0 Å². The Morgan fingerprint density at radius 2 is 1.61 bits per heavy atom. The third-order valence-corrected chi connectivity index (χ3v) is 6.47. The molecule has 28 heavy (non-hydrogen) atoms. The van der Waals surface area contributed by atoms with Crippen LogP contribution in [0.5, 0.6) is 0 Å². The van der Waals surface area contributed by atoms with Crippen molar-refractivity contribution in [3.05, 3.63) is 64.1 Å². The predicted octanol–water partition coefficient (Wildman–Crippen LogP) is 5.86. The number of unbranched alkanes of at least 4 members (excludes halogenated alkanes) is 6. The molecule has 0 bridgehead atoms. The molecule has 0 heterocycles. The summed E-state index contributed by atoms with van der Waals surface area (Å²) in [5, 5.41) is 0. The molecule has 0 aliphatic rings. The van der Waals surface area contributed by atoms with Gasteiger partial charge < -0.3 is 0 Å². The molecule has 0 aliphatic carbocycles. The van der Waals surface area contributed by atoms with E-state index in [4.69, 9.17) is 0 Å². The number of aryl methyl sites for hydroxylation is 1. The van der Waals surface area contributed by atoms with Crippen LogP contribution >= 0.6 is 15.9 Å². The molecule has 2 aromatic carbocycles. The first-order chi connectivity index (χ1) is 13.4. The Morgan fingerprint density at radius 3 is 2.32 bits per heavy atom. The van der Waals surface area contributed by atoms with E-state index < -0.39 is 15.9 Å². The molecule has 0 unspecified atom stereocenters. The topological polar surface area (TPSA) is 63.2 Å². The van der Waals surface area contributed by atoms with Crippen molar-refractivity contribution in [2.45, 2.75) is 63.2 Å². The van der Waals surface area contributed by atoms with Crippen LogP contribution in [0.2, 0.25) is 0 Å². The molecule has 0 saturated heterocycles. The molecule has 0 aliphatic heterocycles. The van der Waals surface area contributed by atoms with Gasteiger partial charge >= 0.3 is 0 Å². The van der Waals surface area contributed by atoms with E-state index in [1.807, 2.05) is 12.1 Å². The Labute approximate surface area is 176 Å². The van der Waals surface area contributed by atoms with Gasteiger partial charge in [-0.3, -0.25) is 4.79 Å². The van der Waals surface area contributed by atoms with E-state index >= 15 is 0 Å². The summed E-state index contributed by atoms with van der Waals surface area (Å²) >= 11 is 3.26. The molecule has 4 nitrogen and oxygen atoms in total. The SMILES string of the molecule is CCCCCCCCCc1ccccc1C(=O)NS(=O)(=O)c1cccc(Br)c1. The average molecular weight is 466 g/mol. The van der Waals surface area contributed by atoms with Gasteiger partial charge in [-0.15, -0.1) is 0 Å². The van der Waals surface area contributed by atoms with Crippen molar-refractivity contribution >= 4 is 31.9 Å². The summed E-state index contributed by atoms with van der Waals surface area (Å²) in [6.45, 7) is 2.21. The average Bonchev–Trinajstić information content (AvgIpc) is 2.67. The summed E-state index contributed by atoms with van der Waals surface area (Å²) in [6.07, 6.45) is 9.15. The maximum absolute atomic E-state index is 12.6. The molecule has 1 N–H and O–H groups in total. The smallest absolute Gasteiger partial charge is 0.265 e. The Morgan fingerprint density at radius 1 is 0.929 bits per heavy atom. The maximum atomic E-state index is 12.6. The minimum Gasteiger partial charge on any atom is -0.268 e. The molecule has 0 spiro atoms. The highest BCUT2D eigenvalue weighted by atomic mass is 79.9. The van der Waals surface area contributed by atoms with Crippen LogP contribution in [0.1, 0.15) is 67.8 Å². The molecule has 0 fully saturated rings. The van der Waals surface area contributed by atoms with E-state index in [0.717, 1.165) is 24.8 Å². The van der Waals surface area contributed by atoms with E-state index in [0.29, 0.717) is 10.0 Å². The van der Waals surface area contributed by atoms with Crippen molar-refractivity contribution in [1.29, 1.82) is 0 Å². The number of nitrogens with one attached hydrogen (secondary N) is 1. The molecular formula is C22H28BrNO3S. The van der Waals surface area contributed by atoms with Crippen molar-refractivity contribution < 1.29 is 13.2 Å². The number of hydrogen-bond acceptors (Lipinski definition) is 3. The van der Waals surface area contributed by atoms with Crippen LogP contribution in [-0.2, 0) is 16.4 Å². The number of carbonyl (C=O) groups is 1. The zero-order valence-electron chi connectivity index (χ0n) is 16.3. The standard InChI is InChI=1S/C22H28BrNO3S/c1-2-3-4-5-6-7-8-12-18-13-9-10-16-21(18)22(25)24-28(26,27)20-15-11-14-19(23)17-20/h9-11,13-17H,2-8,12H2,1H3,(H,24,25). The van der Waals surface area contributed by atoms with E-state index in [1.165, 1.54) is 44.2 Å². The van der Waals surface area contributed by atoms with Crippen molar-refractivity contribution in [3.63, 3.8) is 0 Å². The molecule has 0 atom stereocenters. The quantitative estimate of drug-likeness (QED) is 0.422. The molecule has 2 aromatic rings. The van der Waals surface area contributed by atoms with Gasteiger partial charge in [0, 0.05) is 10.0 Å². The van der Waals surface area contributed by atoms with Crippen LogP contribution < -0.4 is 4.72 Å². The summed E-state index contributed by atoms with van der Waals surface area (Å²) < 4.78 is 27.9. The van der Waals surface area contributed by atoms with Crippen LogP contribution in [0, 0.1) is 0 Å². The lowest BCUT2D eigenvalue weighted by molar-refractivity contribution is 0.0980. The summed E-state index contributed by atoms with van der Waals surface area (Å²) in [6, 6.07) is 13.5. The molecule has 2 rings (SSSR count). The lowest BCUT2D eigenvalue weighted by Gasteiger charge is -2.11. The minimum atomic E-state index is -3.91. The summed E-state index contributed by atoms with van der Waals surface area (Å²) in [7, 11) is -3.91. The Balaban J connectivity index is 1.98. The molecular weight excluding hydrogens is 438 g/mol. The summed E-state index contributed by atoms with van der Waals surface area (Å²) in [5.41, 5.74) is 1.31. The van der Waals surface area contributed by atoms with Gasteiger partial charge in [-0.1, -0.05) is 85.6 Å². The van der Waals surface area contributed by atoms with Crippen molar-refractivity contribution in [3.8, 4) is 0 Å². The second-order valence-electron chi connectivity index (χ2n) is 6.92. The van der Waals surface area contributed by atoms with Crippen molar-refractivity contribution in [2.75, 3.05) is 0 Å². The summed E-state index contributed by atoms with van der Waals surface area (Å²) in [5.74, 6) is -0.585. The number of hydrogen-bond donors (Lipinski definition) is 1. The maximum Gasteiger partial charge on any atom is 0.265 e. The van der Waals surface area contributed by atoms with E-state index in [1.54, 1.807) is 24.3 Å². The monoisotopic (exact) mass is 465 g/mol. The normalized spacial score (nSPS) is 11.4. The molecule has 0 saturated carbocycles. The first-order valence-corrected chi connectivity index (χ1v) is 12.1. The number of carbonyl (C=O) groups excluding carboxylic acids is 1. The fourth-order valence-electron chi connectivity index (χ4n) is 3.10. The van der Waals surface area contributed by atoms with Gasteiger partial charge in [-0.2, -0.15) is 0 Å². The highest BCUT2D eigenvalue weighted by Crippen LogP contribution is 2.18. The largest absolute Gasteiger partial charge is 0.268 e. The van der Waals surface area contributed by atoms with Gasteiger partial charge in [-0.25, -0.2) is 13.1 Å². The predicted molar refractivity (Wildman–Crippen MR) is 117 cm³/mol. The zero-order valence-corrected chi connectivity index (χ0v) is 18.7. The van der Waals surface area contributed by atoms with Crippen LogP contribution in [-0.4, -0.2) is 14.3 Å². The second-order valence-corrected chi connectivity index (χ2v) is 9.52. The van der Waals surface area contributed by atoms with E-state index in [2.05, 4.69) is 27.6 Å². The number of sulfonamides is 1. The molecule has 0 aromatic heterocycles.